The fourth-order valence-corrected chi connectivity index (χ4v) is 4.11. The molecule has 2 aliphatic rings. The quantitative estimate of drug-likeness (QED) is 0.797. The van der Waals surface area contributed by atoms with Crippen molar-refractivity contribution in [1.82, 2.24) is 5.32 Å². The lowest BCUT2D eigenvalue weighted by molar-refractivity contribution is -0.0557. The minimum Gasteiger partial charge on any atom is -0.317 e. The Morgan fingerprint density at radius 1 is 1.22 bits per heavy atom. The Morgan fingerprint density at radius 2 is 2.00 bits per heavy atom. The van der Waals surface area contributed by atoms with Gasteiger partial charge in [-0.2, -0.15) is 0 Å². The molecule has 2 rings (SSSR count). The molecule has 0 aliphatic heterocycles. The van der Waals surface area contributed by atoms with E-state index >= 15 is 0 Å². The summed E-state index contributed by atoms with van der Waals surface area (Å²) in [5.74, 6) is -0.723. The molecule has 0 spiro atoms. The van der Waals surface area contributed by atoms with Crippen LogP contribution in [0.25, 0.3) is 0 Å². The van der Waals surface area contributed by atoms with Crippen molar-refractivity contribution < 1.29 is 8.78 Å². The van der Waals surface area contributed by atoms with Crippen molar-refractivity contribution in [2.45, 2.75) is 70.3 Å². The number of hydrogen-bond acceptors (Lipinski definition) is 1. The Balaban J connectivity index is 1.89. The van der Waals surface area contributed by atoms with E-state index in [9.17, 15) is 8.78 Å². The molecule has 0 aromatic carbocycles. The summed E-state index contributed by atoms with van der Waals surface area (Å²) in [5.41, 5.74) is 0. The zero-order chi connectivity index (χ0) is 13.2. The molecule has 2 aliphatic carbocycles. The van der Waals surface area contributed by atoms with Gasteiger partial charge in [0.2, 0.25) is 5.92 Å². The first-order valence-corrected chi connectivity index (χ1v) is 7.57. The van der Waals surface area contributed by atoms with E-state index in [1.165, 1.54) is 19.3 Å². The molecule has 0 saturated heterocycles. The van der Waals surface area contributed by atoms with Gasteiger partial charge in [-0.05, 0) is 50.5 Å². The van der Waals surface area contributed by atoms with E-state index in [-0.39, 0.29) is 18.8 Å². The smallest absolute Gasteiger partial charge is 0.248 e. The number of hydrogen-bond donors (Lipinski definition) is 1. The Morgan fingerprint density at radius 3 is 2.56 bits per heavy atom. The average Bonchev–Trinajstić information content (AvgIpc) is 2.71. The normalized spacial score (nSPS) is 37.7. The molecule has 0 amide bonds. The highest BCUT2D eigenvalue weighted by molar-refractivity contribution is 4.88. The lowest BCUT2D eigenvalue weighted by Gasteiger charge is -2.34. The van der Waals surface area contributed by atoms with Gasteiger partial charge in [0, 0.05) is 18.9 Å². The van der Waals surface area contributed by atoms with Crippen LogP contribution in [0.4, 0.5) is 8.78 Å². The highest BCUT2D eigenvalue weighted by atomic mass is 19.3. The molecular formula is C15H27F2N. The molecule has 2 fully saturated rings. The number of nitrogens with one attached hydrogen (secondary N) is 1. The first-order valence-electron chi connectivity index (χ1n) is 7.57. The van der Waals surface area contributed by atoms with Crippen LogP contribution in [0.3, 0.4) is 0 Å². The van der Waals surface area contributed by atoms with Crippen molar-refractivity contribution in [2.75, 3.05) is 7.05 Å². The topological polar surface area (TPSA) is 12.0 Å². The Hall–Kier alpha value is -0.180. The van der Waals surface area contributed by atoms with Crippen LogP contribution in [-0.2, 0) is 0 Å². The zero-order valence-electron chi connectivity index (χ0n) is 11.7. The molecular weight excluding hydrogens is 232 g/mol. The van der Waals surface area contributed by atoms with Crippen molar-refractivity contribution >= 4 is 0 Å². The Kier molecular flexibility index (Phi) is 4.63. The van der Waals surface area contributed by atoms with Gasteiger partial charge in [0.1, 0.15) is 0 Å². The first-order chi connectivity index (χ1) is 8.52. The van der Waals surface area contributed by atoms with E-state index < -0.39 is 5.92 Å². The summed E-state index contributed by atoms with van der Waals surface area (Å²) < 4.78 is 26.9. The fourth-order valence-electron chi connectivity index (χ4n) is 4.11. The molecule has 0 radical (unpaired) electrons. The van der Waals surface area contributed by atoms with Crippen molar-refractivity contribution in [3.05, 3.63) is 0 Å². The van der Waals surface area contributed by atoms with Crippen LogP contribution in [0.1, 0.15) is 58.3 Å². The maximum absolute atomic E-state index is 13.4. The van der Waals surface area contributed by atoms with Gasteiger partial charge in [0.25, 0.3) is 0 Å². The van der Waals surface area contributed by atoms with Crippen LogP contribution in [0.5, 0.6) is 0 Å². The van der Waals surface area contributed by atoms with E-state index in [0.717, 1.165) is 18.8 Å². The summed E-state index contributed by atoms with van der Waals surface area (Å²) in [6, 6.07) is 0.446. The van der Waals surface area contributed by atoms with Gasteiger partial charge in [-0.25, -0.2) is 8.78 Å². The van der Waals surface area contributed by atoms with Crippen LogP contribution in [0.2, 0.25) is 0 Å². The van der Waals surface area contributed by atoms with E-state index in [2.05, 4.69) is 12.2 Å². The van der Waals surface area contributed by atoms with Gasteiger partial charge in [-0.15, -0.1) is 0 Å². The van der Waals surface area contributed by atoms with Gasteiger partial charge in [-0.1, -0.05) is 19.8 Å². The van der Waals surface area contributed by atoms with E-state index in [1.54, 1.807) is 0 Å². The second-order valence-electron chi connectivity index (χ2n) is 6.52. The lowest BCUT2D eigenvalue weighted by Crippen LogP contribution is -2.38. The van der Waals surface area contributed by atoms with Crippen molar-refractivity contribution in [1.29, 1.82) is 0 Å². The van der Waals surface area contributed by atoms with Crippen LogP contribution in [0, 0.1) is 17.8 Å². The maximum atomic E-state index is 13.4. The Bertz CT molecular complexity index is 267. The number of alkyl halides is 2. The number of halogens is 2. The monoisotopic (exact) mass is 259 g/mol. The van der Waals surface area contributed by atoms with Gasteiger partial charge >= 0.3 is 0 Å². The molecule has 3 heteroatoms. The highest BCUT2D eigenvalue weighted by Gasteiger charge is 2.38. The molecule has 106 valence electrons. The van der Waals surface area contributed by atoms with Gasteiger partial charge < -0.3 is 5.32 Å². The van der Waals surface area contributed by atoms with Gasteiger partial charge in [0.05, 0.1) is 0 Å². The Labute approximate surface area is 110 Å². The second kappa shape index (κ2) is 5.85. The second-order valence-corrected chi connectivity index (χ2v) is 6.52. The number of rotatable bonds is 4. The van der Waals surface area contributed by atoms with Crippen molar-refractivity contribution in [2.24, 2.45) is 17.8 Å². The van der Waals surface area contributed by atoms with Crippen LogP contribution in [0.15, 0.2) is 0 Å². The lowest BCUT2D eigenvalue weighted by atomic mass is 9.78. The molecule has 18 heavy (non-hydrogen) atoms. The third kappa shape index (κ3) is 3.43. The molecule has 2 saturated carbocycles. The highest BCUT2D eigenvalue weighted by Crippen LogP contribution is 2.41. The van der Waals surface area contributed by atoms with Crippen LogP contribution >= 0.6 is 0 Å². The zero-order valence-corrected chi connectivity index (χ0v) is 11.7. The standard InChI is InChI=1S/C15H27F2N/c1-11-5-3-7-13(11)14(18-2)9-12-6-4-8-15(16,17)10-12/h11-14,18H,3-10H2,1-2H3. The summed E-state index contributed by atoms with van der Waals surface area (Å²) >= 11 is 0. The summed E-state index contributed by atoms with van der Waals surface area (Å²) in [6.07, 6.45) is 6.76. The third-order valence-corrected chi connectivity index (χ3v) is 5.14. The summed E-state index contributed by atoms with van der Waals surface area (Å²) in [7, 11) is 2.00. The molecule has 0 heterocycles. The summed E-state index contributed by atoms with van der Waals surface area (Å²) in [5, 5.41) is 3.40. The largest absolute Gasteiger partial charge is 0.317 e. The summed E-state index contributed by atoms with van der Waals surface area (Å²) in [6.45, 7) is 2.32. The molecule has 4 unspecified atom stereocenters. The fraction of sp³-hybridized carbons (Fsp3) is 1.00. The van der Waals surface area contributed by atoms with E-state index in [0.29, 0.717) is 18.4 Å². The predicted octanol–water partition coefficient (Wildman–Crippen LogP) is 4.23. The SMILES string of the molecule is CNC(CC1CCCC(F)(F)C1)C1CCCC1C. The molecule has 0 bridgehead atoms. The third-order valence-electron chi connectivity index (χ3n) is 5.14. The predicted molar refractivity (Wildman–Crippen MR) is 70.9 cm³/mol. The maximum Gasteiger partial charge on any atom is 0.248 e. The van der Waals surface area contributed by atoms with Crippen molar-refractivity contribution in [3.63, 3.8) is 0 Å². The van der Waals surface area contributed by atoms with Gasteiger partial charge in [0.15, 0.2) is 0 Å². The minimum absolute atomic E-state index is 0.105. The molecule has 0 aromatic rings. The average molecular weight is 259 g/mol. The summed E-state index contributed by atoms with van der Waals surface area (Å²) in [4.78, 5) is 0. The van der Waals surface area contributed by atoms with E-state index in [4.69, 9.17) is 0 Å². The van der Waals surface area contributed by atoms with Crippen LogP contribution in [-0.4, -0.2) is 19.0 Å². The van der Waals surface area contributed by atoms with Crippen molar-refractivity contribution in [3.8, 4) is 0 Å². The minimum atomic E-state index is -2.40. The van der Waals surface area contributed by atoms with Gasteiger partial charge in [-0.3, -0.25) is 0 Å². The first kappa shape index (κ1) is 14.2. The molecule has 1 N–H and O–H groups in total. The van der Waals surface area contributed by atoms with Crippen LogP contribution < -0.4 is 5.32 Å². The van der Waals surface area contributed by atoms with E-state index in [1.807, 2.05) is 7.05 Å². The molecule has 0 aromatic heterocycles. The molecule has 1 nitrogen and oxygen atoms in total. The molecule has 4 atom stereocenters.